The first kappa shape index (κ1) is 11.5. The second-order valence-corrected chi connectivity index (χ2v) is 5.10. The van der Waals surface area contributed by atoms with Crippen molar-refractivity contribution >= 4 is 33.1 Å². The highest BCUT2D eigenvalue weighted by molar-refractivity contribution is 9.10. The van der Waals surface area contributed by atoms with Gasteiger partial charge in [-0.2, -0.15) is 0 Å². The monoisotopic (exact) mass is 307 g/mol. The van der Waals surface area contributed by atoms with E-state index in [2.05, 4.69) is 20.9 Å². The lowest BCUT2D eigenvalue weighted by atomic mass is 10.2. The van der Waals surface area contributed by atoms with Gasteiger partial charge in [0.1, 0.15) is 11.6 Å². The van der Waals surface area contributed by atoms with E-state index in [0.717, 1.165) is 34.5 Å². The van der Waals surface area contributed by atoms with Crippen LogP contribution in [0.25, 0.3) is 0 Å². The molecular formula is C13H11BrFN3. The molecule has 0 amide bonds. The summed E-state index contributed by atoms with van der Waals surface area (Å²) in [6.07, 6.45) is 2.51. The van der Waals surface area contributed by atoms with Crippen molar-refractivity contribution in [2.24, 2.45) is 0 Å². The maximum absolute atomic E-state index is 13.3. The van der Waals surface area contributed by atoms with Gasteiger partial charge in [-0.1, -0.05) is 6.07 Å². The van der Waals surface area contributed by atoms with Crippen molar-refractivity contribution in [1.29, 1.82) is 0 Å². The molecule has 2 heterocycles. The second kappa shape index (κ2) is 4.24. The van der Waals surface area contributed by atoms with E-state index in [1.807, 2.05) is 11.0 Å². The highest BCUT2D eigenvalue weighted by atomic mass is 79.9. The number of benzene rings is 1. The zero-order valence-corrected chi connectivity index (χ0v) is 11.1. The van der Waals surface area contributed by atoms with Gasteiger partial charge >= 0.3 is 0 Å². The van der Waals surface area contributed by atoms with Crippen molar-refractivity contribution in [3.8, 4) is 0 Å². The molecule has 5 heteroatoms. The van der Waals surface area contributed by atoms with Gasteiger partial charge in [-0.25, -0.2) is 9.37 Å². The molecule has 0 fully saturated rings. The third-order valence-corrected chi connectivity index (χ3v) is 3.63. The number of aromatic nitrogens is 1. The van der Waals surface area contributed by atoms with E-state index < -0.39 is 0 Å². The van der Waals surface area contributed by atoms with Crippen molar-refractivity contribution in [3.63, 3.8) is 0 Å². The van der Waals surface area contributed by atoms with Gasteiger partial charge in [0, 0.05) is 12.2 Å². The lowest BCUT2D eigenvalue weighted by Gasteiger charge is -2.19. The first-order valence-electron chi connectivity index (χ1n) is 5.62. The van der Waals surface area contributed by atoms with Crippen LogP contribution in [-0.4, -0.2) is 11.5 Å². The normalized spacial score (nSPS) is 13.8. The van der Waals surface area contributed by atoms with Crippen LogP contribution in [0, 0.1) is 5.82 Å². The molecule has 1 aliphatic heterocycles. The Morgan fingerprint density at radius 1 is 1.33 bits per heavy atom. The number of hydrogen-bond donors (Lipinski definition) is 1. The third kappa shape index (κ3) is 1.84. The molecule has 0 radical (unpaired) electrons. The fourth-order valence-electron chi connectivity index (χ4n) is 2.22. The standard InChI is InChI=1S/C13H11BrFN3/c14-11-6-10(16)7-17-13(11)18-4-3-8-1-2-9(15)5-12(8)18/h1-2,5-7H,3-4,16H2. The van der Waals surface area contributed by atoms with E-state index in [-0.39, 0.29) is 5.82 Å². The Kier molecular flexibility index (Phi) is 2.70. The molecule has 1 aromatic heterocycles. The Morgan fingerprint density at radius 3 is 2.94 bits per heavy atom. The number of rotatable bonds is 1. The number of hydrogen-bond acceptors (Lipinski definition) is 3. The van der Waals surface area contributed by atoms with Crippen LogP contribution in [0.5, 0.6) is 0 Å². The number of nitrogen functional groups attached to an aromatic ring is 1. The second-order valence-electron chi connectivity index (χ2n) is 4.25. The fourth-order valence-corrected chi connectivity index (χ4v) is 2.80. The molecule has 0 unspecified atom stereocenters. The van der Waals surface area contributed by atoms with Gasteiger partial charge in [-0.3, -0.25) is 0 Å². The van der Waals surface area contributed by atoms with E-state index >= 15 is 0 Å². The minimum Gasteiger partial charge on any atom is -0.397 e. The molecule has 3 nitrogen and oxygen atoms in total. The molecule has 18 heavy (non-hydrogen) atoms. The minimum atomic E-state index is -0.229. The molecule has 0 saturated carbocycles. The summed E-state index contributed by atoms with van der Waals surface area (Å²) in [5.41, 5.74) is 8.30. The number of anilines is 3. The van der Waals surface area contributed by atoms with Crippen molar-refractivity contribution in [2.75, 3.05) is 17.2 Å². The molecule has 1 aliphatic rings. The van der Waals surface area contributed by atoms with Crippen LogP contribution in [0.1, 0.15) is 5.56 Å². The molecule has 1 aromatic carbocycles. The van der Waals surface area contributed by atoms with Gasteiger partial charge in [0.05, 0.1) is 16.4 Å². The Hall–Kier alpha value is -1.62. The van der Waals surface area contributed by atoms with Gasteiger partial charge < -0.3 is 10.6 Å². The topological polar surface area (TPSA) is 42.1 Å². The van der Waals surface area contributed by atoms with Gasteiger partial charge in [-0.15, -0.1) is 0 Å². The van der Waals surface area contributed by atoms with Gasteiger partial charge in [0.2, 0.25) is 0 Å². The Balaban J connectivity index is 2.08. The molecule has 0 atom stereocenters. The van der Waals surface area contributed by atoms with Crippen LogP contribution in [0.4, 0.5) is 21.6 Å². The minimum absolute atomic E-state index is 0.229. The van der Waals surface area contributed by atoms with Gasteiger partial charge in [0.15, 0.2) is 0 Å². The summed E-state index contributed by atoms with van der Waals surface area (Å²) in [5, 5.41) is 0. The van der Waals surface area contributed by atoms with Crippen molar-refractivity contribution in [3.05, 3.63) is 46.3 Å². The lowest BCUT2D eigenvalue weighted by molar-refractivity contribution is 0.628. The van der Waals surface area contributed by atoms with Crippen LogP contribution in [0.3, 0.4) is 0 Å². The maximum atomic E-state index is 13.3. The summed E-state index contributed by atoms with van der Waals surface area (Å²) >= 11 is 3.45. The first-order valence-corrected chi connectivity index (χ1v) is 6.41. The lowest BCUT2D eigenvalue weighted by Crippen LogP contribution is -2.15. The summed E-state index contributed by atoms with van der Waals surface area (Å²) in [6, 6.07) is 6.68. The number of pyridine rings is 1. The molecule has 0 aliphatic carbocycles. The van der Waals surface area contributed by atoms with E-state index in [4.69, 9.17) is 5.73 Å². The zero-order valence-electron chi connectivity index (χ0n) is 9.53. The summed E-state index contributed by atoms with van der Waals surface area (Å²) in [6.45, 7) is 0.800. The molecule has 3 rings (SSSR count). The number of halogens is 2. The Bertz CT molecular complexity index is 615. The molecule has 2 aromatic rings. The van der Waals surface area contributed by atoms with E-state index in [9.17, 15) is 4.39 Å². The van der Waals surface area contributed by atoms with Crippen molar-refractivity contribution < 1.29 is 4.39 Å². The molecule has 92 valence electrons. The van der Waals surface area contributed by atoms with Crippen LogP contribution < -0.4 is 10.6 Å². The highest BCUT2D eigenvalue weighted by Gasteiger charge is 2.23. The average molecular weight is 308 g/mol. The Labute approximate surface area is 113 Å². The van der Waals surface area contributed by atoms with Gasteiger partial charge in [0.25, 0.3) is 0 Å². The average Bonchev–Trinajstić information content (AvgIpc) is 2.72. The summed E-state index contributed by atoms with van der Waals surface area (Å²) < 4.78 is 14.2. The van der Waals surface area contributed by atoms with Crippen LogP contribution in [-0.2, 0) is 6.42 Å². The molecule has 2 N–H and O–H groups in total. The van der Waals surface area contributed by atoms with Crippen LogP contribution >= 0.6 is 15.9 Å². The third-order valence-electron chi connectivity index (χ3n) is 3.04. The van der Waals surface area contributed by atoms with E-state index in [0.29, 0.717) is 5.69 Å². The zero-order chi connectivity index (χ0) is 12.7. The van der Waals surface area contributed by atoms with Crippen molar-refractivity contribution in [1.82, 2.24) is 4.98 Å². The summed E-state index contributed by atoms with van der Waals surface area (Å²) in [7, 11) is 0. The maximum Gasteiger partial charge on any atom is 0.147 e. The summed E-state index contributed by atoms with van der Waals surface area (Å²) in [5.74, 6) is 0.542. The molecule has 0 spiro atoms. The molecular weight excluding hydrogens is 297 g/mol. The Morgan fingerprint density at radius 2 is 2.17 bits per heavy atom. The van der Waals surface area contributed by atoms with Crippen LogP contribution in [0.2, 0.25) is 0 Å². The number of nitrogens with two attached hydrogens (primary N) is 1. The quantitative estimate of drug-likeness (QED) is 0.879. The fraction of sp³-hybridized carbons (Fsp3) is 0.154. The van der Waals surface area contributed by atoms with E-state index in [1.54, 1.807) is 18.3 Å². The number of fused-ring (bicyclic) bond motifs is 1. The summed E-state index contributed by atoms with van der Waals surface area (Å²) in [4.78, 5) is 6.32. The van der Waals surface area contributed by atoms with Crippen LogP contribution in [0.15, 0.2) is 34.9 Å². The smallest absolute Gasteiger partial charge is 0.147 e. The predicted octanol–water partition coefficient (Wildman–Crippen LogP) is 3.26. The highest BCUT2D eigenvalue weighted by Crippen LogP contribution is 2.37. The number of nitrogens with zero attached hydrogens (tertiary/aromatic N) is 2. The van der Waals surface area contributed by atoms with E-state index in [1.165, 1.54) is 6.07 Å². The largest absolute Gasteiger partial charge is 0.397 e. The predicted molar refractivity (Wildman–Crippen MR) is 73.5 cm³/mol. The van der Waals surface area contributed by atoms with Gasteiger partial charge in [-0.05, 0) is 46.1 Å². The molecule has 0 bridgehead atoms. The first-order chi connectivity index (χ1) is 8.65. The molecule has 0 saturated heterocycles. The van der Waals surface area contributed by atoms with Crippen molar-refractivity contribution in [2.45, 2.75) is 6.42 Å². The SMILES string of the molecule is Nc1cnc(N2CCc3ccc(F)cc32)c(Br)c1.